The second-order valence-corrected chi connectivity index (χ2v) is 5.35. The Labute approximate surface area is 109 Å². The van der Waals surface area contributed by atoms with E-state index in [-0.39, 0.29) is 23.8 Å². The first-order chi connectivity index (χ1) is 8.00. The number of amides is 2. The zero-order chi connectivity index (χ0) is 12.6. The van der Waals surface area contributed by atoms with Gasteiger partial charge in [-0.3, -0.25) is 14.5 Å². The topological polar surface area (TPSA) is 37.4 Å². The molecule has 0 spiro atoms. The first-order valence-electron chi connectivity index (χ1n) is 5.62. The van der Waals surface area contributed by atoms with Crippen LogP contribution in [0.5, 0.6) is 0 Å². The minimum absolute atomic E-state index is 0.0672. The molecule has 0 bridgehead atoms. The molecule has 2 unspecified atom stereocenters. The van der Waals surface area contributed by atoms with Gasteiger partial charge in [-0.05, 0) is 24.6 Å². The van der Waals surface area contributed by atoms with E-state index < -0.39 is 0 Å². The molecule has 1 aliphatic heterocycles. The molecular weight excluding hydrogens is 282 g/mol. The average molecular weight is 296 g/mol. The highest BCUT2D eigenvalue weighted by molar-refractivity contribution is 9.10. The summed E-state index contributed by atoms with van der Waals surface area (Å²) in [6.45, 7) is 3.68. The van der Waals surface area contributed by atoms with E-state index in [0.29, 0.717) is 6.42 Å². The van der Waals surface area contributed by atoms with Gasteiger partial charge in [0.25, 0.3) is 0 Å². The number of carbonyl (C=O) groups excluding carboxylic acids is 2. The van der Waals surface area contributed by atoms with Crippen molar-refractivity contribution < 1.29 is 9.59 Å². The predicted molar refractivity (Wildman–Crippen MR) is 68.2 cm³/mol. The molecule has 2 rings (SSSR count). The van der Waals surface area contributed by atoms with Crippen molar-refractivity contribution in [1.82, 2.24) is 4.90 Å². The molecule has 4 heteroatoms. The second kappa shape index (κ2) is 4.61. The average Bonchev–Trinajstić information content (AvgIpc) is 2.52. The molecular formula is C13H14BrNO2. The van der Waals surface area contributed by atoms with Crippen molar-refractivity contribution in [2.45, 2.75) is 26.3 Å². The van der Waals surface area contributed by atoms with Crippen LogP contribution in [0, 0.1) is 5.92 Å². The molecule has 17 heavy (non-hydrogen) atoms. The van der Waals surface area contributed by atoms with Crippen molar-refractivity contribution in [2.24, 2.45) is 5.92 Å². The molecule has 0 saturated carbocycles. The van der Waals surface area contributed by atoms with Crippen molar-refractivity contribution >= 4 is 27.7 Å². The summed E-state index contributed by atoms with van der Waals surface area (Å²) in [6.07, 6.45) is 0.331. The Hall–Kier alpha value is -1.16. The van der Waals surface area contributed by atoms with E-state index in [0.717, 1.165) is 10.0 Å². The molecule has 1 heterocycles. The van der Waals surface area contributed by atoms with Crippen LogP contribution in [0.15, 0.2) is 28.7 Å². The van der Waals surface area contributed by atoms with Gasteiger partial charge in [0.15, 0.2) is 0 Å². The smallest absolute Gasteiger partial charge is 0.233 e. The van der Waals surface area contributed by atoms with Gasteiger partial charge >= 0.3 is 0 Å². The quantitative estimate of drug-likeness (QED) is 0.787. The molecule has 1 saturated heterocycles. The lowest BCUT2D eigenvalue weighted by molar-refractivity contribution is -0.141. The van der Waals surface area contributed by atoms with Gasteiger partial charge in [-0.25, -0.2) is 0 Å². The van der Waals surface area contributed by atoms with Crippen LogP contribution in [0.25, 0.3) is 0 Å². The zero-order valence-electron chi connectivity index (χ0n) is 9.81. The molecule has 1 fully saturated rings. The third-order valence-electron chi connectivity index (χ3n) is 3.13. The zero-order valence-corrected chi connectivity index (χ0v) is 11.4. The number of carbonyl (C=O) groups is 2. The maximum Gasteiger partial charge on any atom is 0.233 e. The lowest BCUT2D eigenvalue weighted by Gasteiger charge is -2.23. The first kappa shape index (κ1) is 12.3. The number of hydrogen-bond acceptors (Lipinski definition) is 2. The molecule has 90 valence electrons. The van der Waals surface area contributed by atoms with E-state index in [1.54, 1.807) is 6.92 Å². The Bertz CT molecular complexity index is 472. The van der Waals surface area contributed by atoms with E-state index in [4.69, 9.17) is 0 Å². The number of nitrogens with zero attached hydrogens (tertiary/aromatic N) is 1. The number of likely N-dealkylation sites (tertiary alicyclic amines) is 1. The second-order valence-electron chi connectivity index (χ2n) is 4.44. The van der Waals surface area contributed by atoms with Crippen LogP contribution < -0.4 is 0 Å². The predicted octanol–water partition coefficient (Wildman–Crippen LogP) is 2.91. The fourth-order valence-electron chi connectivity index (χ4n) is 2.13. The van der Waals surface area contributed by atoms with Crippen molar-refractivity contribution in [1.29, 1.82) is 0 Å². The fraction of sp³-hybridized carbons (Fsp3) is 0.385. The van der Waals surface area contributed by atoms with Gasteiger partial charge in [0.05, 0.1) is 6.04 Å². The molecule has 1 aromatic rings. The minimum atomic E-state index is -0.197. The number of halogens is 1. The van der Waals surface area contributed by atoms with E-state index in [1.165, 1.54) is 4.90 Å². The Morgan fingerprint density at radius 3 is 2.65 bits per heavy atom. The van der Waals surface area contributed by atoms with E-state index in [2.05, 4.69) is 15.9 Å². The van der Waals surface area contributed by atoms with Crippen LogP contribution in [-0.4, -0.2) is 16.7 Å². The van der Waals surface area contributed by atoms with E-state index in [1.807, 2.05) is 31.2 Å². The minimum Gasteiger partial charge on any atom is -0.275 e. The molecule has 0 radical (unpaired) electrons. The van der Waals surface area contributed by atoms with Crippen LogP contribution in [0.1, 0.15) is 31.9 Å². The summed E-state index contributed by atoms with van der Waals surface area (Å²) in [5, 5.41) is 0. The summed E-state index contributed by atoms with van der Waals surface area (Å²) in [5.74, 6) is -0.324. The molecule has 0 N–H and O–H groups in total. The molecule has 1 aromatic carbocycles. The van der Waals surface area contributed by atoms with Gasteiger partial charge in [0.2, 0.25) is 11.8 Å². The summed E-state index contributed by atoms with van der Waals surface area (Å²) in [7, 11) is 0. The summed E-state index contributed by atoms with van der Waals surface area (Å²) in [5.41, 5.74) is 0.968. The van der Waals surface area contributed by atoms with Crippen molar-refractivity contribution in [3.8, 4) is 0 Å². The number of benzene rings is 1. The lowest BCUT2D eigenvalue weighted by Crippen LogP contribution is -2.33. The molecule has 3 nitrogen and oxygen atoms in total. The monoisotopic (exact) mass is 295 g/mol. The van der Waals surface area contributed by atoms with Crippen molar-refractivity contribution in [2.75, 3.05) is 0 Å². The highest BCUT2D eigenvalue weighted by Crippen LogP contribution is 2.30. The summed E-state index contributed by atoms with van der Waals surface area (Å²) in [6, 6.07) is 7.50. The molecule has 2 atom stereocenters. The fourth-order valence-corrected chi connectivity index (χ4v) is 2.55. The molecule has 2 amide bonds. The third kappa shape index (κ3) is 2.27. The maximum absolute atomic E-state index is 11.9. The summed E-state index contributed by atoms with van der Waals surface area (Å²) < 4.78 is 0.953. The number of imide groups is 1. The van der Waals surface area contributed by atoms with E-state index >= 15 is 0 Å². The van der Waals surface area contributed by atoms with Crippen LogP contribution in [0.2, 0.25) is 0 Å². The summed E-state index contributed by atoms with van der Waals surface area (Å²) >= 11 is 3.39. The van der Waals surface area contributed by atoms with Crippen LogP contribution in [-0.2, 0) is 9.59 Å². The number of hydrogen-bond donors (Lipinski definition) is 0. The standard InChI is InChI=1S/C13H14BrNO2/c1-8-6-12(16)15(13(8)17)9(2)10-4-3-5-11(14)7-10/h3-5,7-9H,6H2,1-2H3. The number of rotatable bonds is 2. The van der Waals surface area contributed by atoms with E-state index in [9.17, 15) is 9.59 Å². The van der Waals surface area contributed by atoms with Crippen LogP contribution in [0.4, 0.5) is 0 Å². The normalized spacial score (nSPS) is 22.1. The largest absolute Gasteiger partial charge is 0.275 e. The van der Waals surface area contributed by atoms with Gasteiger partial charge in [-0.2, -0.15) is 0 Å². The van der Waals surface area contributed by atoms with Gasteiger partial charge in [0.1, 0.15) is 0 Å². The van der Waals surface area contributed by atoms with Crippen LogP contribution >= 0.6 is 15.9 Å². The summed E-state index contributed by atoms with van der Waals surface area (Å²) in [4.78, 5) is 25.1. The van der Waals surface area contributed by atoms with Gasteiger partial charge in [-0.15, -0.1) is 0 Å². The maximum atomic E-state index is 11.9. The van der Waals surface area contributed by atoms with Crippen molar-refractivity contribution in [3.63, 3.8) is 0 Å². The lowest BCUT2D eigenvalue weighted by atomic mass is 10.1. The first-order valence-corrected chi connectivity index (χ1v) is 6.41. The Kier molecular flexibility index (Phi) is 3.33. The van der Waals surface area contributed by atoms with Gasteiger partial charge < -0.3 is 0 Å². The third-order valence-corrected chi connectivity index (χ3v) is 3.62. The van der Waals surface area contributed by atoms with Gasteiger partial charge in [-0.1, -0.05) is 35.0 Å². The van der Waals surface area contributed by atoms with Crippen LogP contribution in [0.3, 0.4) is 0 Å². The van der Waals surface area contributed by atoms with Gasteiger partial charge in [0, 0.05) is 16.8 Å². The highest BCUT2D eigenvalue weighted by Gasteiger charge is 2.38. The molecule has 0 aromatic heterocycles. The Balaban J connectivity index is 2.29. The highest BCUT2D eigenvalue weighted by atomic mass is 79.9. The molecule has 0 aliphatic carbocycles. The Morgan fingerprint density at radius 2 is 2.12 bits per heavy atom. The Morgan fingerprint density at radius 1 is 1.41 bits per heavy atom. The molecule has 1 aliphatic rings. The van der Waals surface area contributed by atoms with Crippen molar-refractivity contribution in [3.05, 3.63) is 34.3 Å². The SMILES string of the molecule is CC1CC(=O)N(C(C)c2cccc(Br)c2)C1=O.